The number of nitrogens with zero attached hydrogens (tertiary/aromatic N) is 2. The molecular weight excluding hydrogens is 178 g/mol. The summed E-state index contributed by atoms with van der Waals surface area (Å²) < 4.78 is 5.04. The van der Waals surface area contributed by atoms with Crippen LogP contribution in [0, 0.1) is 12.3 Å². The molecule has 1 heterocycles. The number of hydrogen-bond donors (Lipinski definition) is 1. The van der Waals surface area contributed by atoms with Crippen molar-refractivity contribution in [1.29, 1.82) is 0 Å². The molecule has 0 saturated heterocycles. The van der Waals surface area contributed by atoms with Crippen LogP contribution in [0.4, 0.5) is 0 Å². The minimum absolute atomic E-state index is 0.347. The minimum atomic E-state index is 0.347. The van der Waals surface area contributed by atoms with Crippen molar-refractivity contribution >= 4 is 0 Å². The van der Waals surface area contributed by atoms with Crippen LogP contribution < -0.4 is 5.32 Å². The Balaban J connectivity index is 2.47. The van der Waals surface area contributed by atoms with Crippen molar-refractivity contribution in [2.24, 2.45) is 0 Å². The predicted molar refractivity (Wildman–Crippen MR) is 53.5 cm³/mol. The van der Waals surface area contributed by atoms with Crippen LogP contribution in [-0.2, 0) is 6.54 Å². The SMILES string of the molecule is C#CCNCc1nc(C(C)CC)no1. The van der Waals surface area contributed by atoms with Crippen LogP contribution in [0.3, 0.4) is 0 Å². The Hall–Kier alpha value is -1.34. The van der Waals surface area contributed by atoms with Crippen molar-refractivity contribution in [2.45, 2.75) is 32.7 Å². The normalized spacial score (nSPS) is 12.4. The van der Waals surface area contributed by atoms with Gasteiger partial charge in [-0.25, -0.2) is 0 Å². The van der Waals surface area contributed by atoms with Crippen LogP contribution in [0.1, 0.15) is 37.9 Å². The van der Waals surface area contributed by atoms with Gasteiger partial charge in [0, 0.05) is 5.92 Å². The molecule has 4 nitrogen and oxygen atoms in total. The van der Waals surface area contributed by atoms with Crippen molar-refractivity contribution in [3.8, 4) is 12.3 Å². The smallest absolute Gasteiger partial charge is 0.240 e. The lowest BCUT2D eigenvalue weighted by Crippen LogP contribution is -2.13. The highest BCUT2D eigenvalue weighted by molar-refractivity contribution is 4.93. The Morgan fingerprint density at radius 1 is 1.64 bits per heavy atom. The molecule has 1 aromatic heterocycles. The van der Waals surface area contributed by atoms with E-state index in [1.54, 1.807) is 0 Å². The fourth-order valence-electron chi connectivity index (χ4n) is 0.964. The maximum absolute atomic E-state index is 5.09. The monoisotopic (exact) mass is 193 g/mol. The van der Waals surface area contributed by atoms with Crippen LogP contribution in [-0.4, -0.2) is 16.7 Å². The third-order valence-corrected chi connectivity index (χ3v) is 2.04. The van der Waals surface area contributed by atoms with Crippen molar-refractivity contribution in [1.82, 2.24) is 15.5 Å². The molecule has 4 heteroatoms. The highest BCUT2D eigenvalue weighted by atomic mass is 16.5. The quantitative estimate of drug-likeness (QED) is 0.565. The van der Waals surface area contributed by atoms with Gasteiger partial charge in [0.15, 0.2) is 5.82 Å². The Kier molecular flexibility index (Phi) is 4.14. The van der Waals surface area contributed by atoms with Gasteiger partial charge in [-0.3, -0.25) is 5.32 Å². The molecule has 1 rings (SSSR count). The van der Waals surface area contributed by atoms with E-state index in [0.717, 1.165) is 12.2 Å². The maximum atomic E-state index is 5.09. The summed E-state index contributed by atoms with van der Waals surface area (Å²) in [5.74, 6) is 4.19. The van der Waals surface area contributed by atoms with E-state index in [2.05, 4.69) is 35.2 Å². The van der Waals surface area contributed by atoms with Crippen molar-refractivity contribution in [3.63, 3.8) is 0 Å². The van der Waals surface area contributed by atoms with Crippen LogP contribution in [0.2, 0.25) is 0 Å². The Bertz CT molecular complexity index is 313. The maximum Gasteiger partial charge on any atom is 0.240 e. The topological polar surface area (TPSA) is 51.0 Å². The molecule has 1 N–H and O–H groups in total. The van der Waals surface area contributed by atoms with Gasteiger partial charge in [-0.1, -0.05) is 24.9 Å². The summed E-state index contributed by atoms with van der Waals surface area (Å²) in [6.45, 7) is 5.22. The summed E-state index contributed by atoms with van der Waals surface area (Å²) >= 11 is 0. The van der Waals surface area contributed by atoms with Gasteiger partial charge in [0.25, 0.3) is 0 Å². The van der Waals surface area contributed by atoms with Gasteiger partial charge >= 0.3 is 0 Å². The van der Waals surface area contributed by atoms with Crippen LogP contribution in [0.15, 0.2) is 4.52 Å². The summed E-state index contributed by atoms with van der Waals surface area (Å²) in [5, 5.41) is 6.88. The van der Waals surface area contributed by atoms with Crippen molar-refractivity contribution in [3.05, 3.63) is 11.7 Å². The van der Waals surface area contributed by atoms with E-state index < -0.39 is 0 Å². The van der Waals surface area contributed by atoms with Crippen molar-refractivity contribution < 1.29 is 4.52 Å². The molecule has 0 spiro atoms. The fourth-order valence-corrected chi connectivity index (χ4v) is 0.964. The van der Waals surface area contributed by atoms with Crippen LogP contribution >= 0.6 is 0 Å². The Morgan fingerprint density at radius 2 is 2.43 bits per heavy atom. The standard InChI is InChI=1S/C10H15N3O/c1-4-6-11-7-9-12-10(13-14-9)8(3)5-2/h1,8,11H,5-7H2,2-3H3. The predicted octanol–water partition coefficient (Wildman–Crippen LogP) is 1.31. The first kappa shape index (κ1) is 10.7. The molecule has 0 amide bonds. The Morgan fingerprint density at radius 3 is 3.07 bits per heavy atom. The van der Waals surface area contributed by atoms with Gasteiger partial charge in [0.2, 0.25) is 5.89 Å². The zero-order valence-corrected chi connectivity index (χ0v) is 8.58. The lowest BCUT2D eigenvalue weighted by Gasteiger charge is -1.98. The molecule has 1 aromatic rings. The first-order valence-electron chi connectivity index (χ1n) is 4.74. The second-order valence-electron chi connectivity index (χ2n) is 3.16. The molecule has 76 valence electrons. The molecule has 1 atom stereocenters. The van der Waals surface area contributed by atoms with Gasteiger partial charge in [-0.15, -0.1) is 6.42 Å². The molecule has 0 aliphatic carbocycles. The van der Waals surface area contributed by atoms with E-state index in [0.29, 0.717) is 24.9 Å². The van der Waals surface area contributed by atoms with E-state index in [9.17, 15) is 0 Å². The van der Waals surface area contributed by atoms with Gasteiger partial charge in [-0.2, -0.15) is 4.98 Å². The van der Waals surface area contributed by atoms with Gasteiger partial charge in [0.05, 0.1) is 13.1 Å². The van der Waals surface area contributed by atoms with Crippen molar-refractivity contribution in [2.75, 3.05) is 6.54 Å². The molecule has 0 saturated carbocycles. The first-order chi connectivity index (χ1) is 6.77. The fraction of sp³-hybridized carbons (Fsp3) is 0.600. The van der Waals surface area contributed by atoms with E-state index >= 15 is 0 Å². The molecular formula is C10H15N3O. The second kappa shape index (κ2) is 5.40. The molecule has 14 heavy (non-hydrogen) atoms. The zero-order valence-electron chi connectivity index (χ0n) is 8.58. The highest BCUT2D eigenvalue weighted by Gasteiger charge is 2.10. The summed E-state index contributed by atoms with van der Waals surface area (Å²) in [6.07, 6.45) is 6.10. The molecule has 0 aliphatic rings. The second-order valence-corrected chi connectivity index (χ2v) is 3.16. The average molecular weight is 193 g/mol. The molecule has 0 bridgehead atoms. The third kappa shape index (κ3) is 2.86. The lowest BCUT2D eigenvalue weighted by molar-refractivity contribution is 0.363. The molecule has 0 radical (unpaired) electrons. The van der Waals surface area contributed by atoms with Crippen LogP contribution in [0.25, 0.3) is 0 Å². The van der Waals surface area contributed by atoms with E-state index in [1.165, 1.54) is 0 Å². The molecule has 1 unspecified atom stereocenters. The lowest BCUT2D eigenvalue weighted by atomic mass is 10.1. The molecule has 0 aromatic carbocycles. The Labute approximate surface area is 84.1 Å². The number of rotatable bonds is 5. The average Bonchev–Trinajstić information content (AvgIpc) is 2.66. The van der Waals surface area contributed by atoms with E-state index in [1.807, 2.05) is 0 Å². The largest absolute Gasteiger partial charge is 0.338 e. The number of hydrogen-bond acceptors (Lipinski definition) is 4. The van der Waals surface area contributed by atoms with E-state index in [4.69, 9.17) is 10.9 Å². The van der Waals surface area contributed by atoms with Gasteiger partial charge in [-0.05, 0) is 6.42 Å². The first-order valence-corrected chi connectivity index (χ1v) is 4.74. The van der Waals surface area contributed by atoms with Crippen LogP contribution in [0.5, 0.6) is 0 Å². The van der Waals surface area contributed by atoms with E-state index in [-0.39, 0.29) is 0 Å². The number of nitrogens with one attached hydrogen (secondary N) is 1. The number of terminal acetylenes is 1. The summed E-state index contributed by atoms with van der Waals surface area (Å²) in [4.78, 5) is 4.24. The summed E-state index contributed by atoms with van der Waals surface area (Å²) in [6, 6.07) is 0. The summed E-state index contributed by atoms with van der Waals surface area (Å²) in [5.41, 5.74) is 0. The highest BCUT2D eigenvalue weighted by Crippen LogP contribution is 2.14. The number of aromatic nitrogens is 2. The zero-order chi connectivity index (χ0) is 10.4. The minimum Gasteiger partial charge on any atom is -0.338 e. The van der Waals surface area contributed by atoms with Gasteiger partial charge < -0.3 is 4.52 Å². The third-order valence-electron chi connectivity index (χ3n) is 2.04. The molecule has 0 aliphatic heterocycles. The molecule has 0 fully saturated rings. The van der Waals surface area contributed by atoms with Gasteiger partial charge in [0.1, 0.15) is 0 Å². The summed E-state index contributed by atoms with van der Waals surface area (Å²) in [7, 11) is 0.